The van der Waals surface area contributed by atoms with E-state index in [0.29, 0.717) is 0 Å². The first-order chi connectivity index (χ1) is 12.8. The number of nitrogens with zero attached hydrogens (tertiary/aromatic N) is 2. The van der Waals surface area contributed by atoms with E-state index < -0.39 is 0 Å². The standard InChI is InChI=1S/C21H24N4O2/c1-13-9-14(2)21(15(3)10-13)24-19(26)11-22-20(27)12-25-16(4)23-17-7-5-6-8-18(17)25/h5-10H,11-12H2,1-4H3,(H,22,27)(H,24,26). The molecule has 2 amide bonds. The number of nitrogens with one attached hydrogen (secondary N) is 2. The summed E-state index contributed by atoms with van der Waals surface area (Å²) in [7, 11) is 0. The molecule has 1 aromatic heterocycles. The molecule has 0 aliphatic rings. The molecule has 0 bridgehead atoms. The van der Waals surface area contributed by atoms with Crippen LogP contribution in [0.5, 0.6) is 0 Å². The van der Waals surface area contributed by atoms with Crippen LogP contribution >= 0.6 is 0 Å². The Balaban J connectivity index is 1.61. The second-order valence-corrected chi connectivity index (χ2v) is 6.83. The van der Waals surface area contributed by atoms with Gasteiger partial charge in [-0.3, -0.25) is 9.59 Å². The van der Waals surface area contributed by atoms with Gasteiger partial charge in [0.05, 0.1) is 17.6 Å². The van der Waals surface area contributed by atoms with Gasteiger partial charge in [0.25, 0.3) is 0 Å². The number of amides is 2. The lowest BCUT2D eigenvalue weighted by atomic mass is 10.1. The first kappa shape index (κ1) is 18.6. The first-order valence-electron chi connectivity index (χ1n) is 8.91. The molecule has 3 aromatic rings. The van der Waals surface area contributed by atoms with E-state index in [1.807, 2.05) is 68.7 Å². The van der Waals surface area contributed by atoms with Gasteiger partial charge in [0.15, 0.2) is 0 Å². The zero-order valence-electron chi connectivity index (χ0n) is 16.1. The number of aromatic nitrogens is 2. The molecule has 6 nitrogen and oxygen atoms in total. The minimum atomic E-state index is -0.245. The number of fused-ring (bicyclic) bond motifs is 1. The number of carbonyl (C=O) groups is 2. The maximum Gasteiger partial charge on any atom is 0.243 e. The van der Waals surface area contributed by atoms with Crippen molar-refractivity contribution in [3.8, 4) is 0 Å². The highest BCUT2D eigenvalue weighted by atomic mass is 16.2. The van der Waals surface area contributed by atoms with E-state index in [4.69, 9.17) is 0 Å². The van der Waals surface area contributed by atoms with E-state index >= 15 is 0 Å². The lowest BCUT2D eigenvalue weighted by molar-refractivity contribution is -0.124. The van der Waals surface area contributed by atoms with Crippen molar-refractivity contribution in [1.82, 2.24) is 14.9 Å². The molecule has 0 aliphatic heterocycles. The Labute approximate surface area is 158 Å². The Kier molecular flexibility index (Phi) is 5.26. The SMILES string of the molecule is Cc1cc(C)c(NC(=O)CNC(=O)Cn2c(C)nc3ccccc32)c(C)c1. The third-order valence-corrected chi connectivity index (χ3v) is 4.53. The second kappa shape index (κ2) is 7.61. The van der Waals surface area contributed by atoms with E-state index in [2.05, 4.69) is 15.6 Å². The third-order valence-electron chi connectivity index (χ3n) is 4.53. The molecule has 0 aliphatic carbocycles. The summed E-state index contributed by atoms with van der Waals surface area (Å²) in [4.78, 5) is 29.0. The second-order valence-electron chi connectivity index (χ2n) is 6.83. The topological polar surface area (TPSA) is 76.0 Å². The summed E-state index contributed by atoms with van der Waals surface area (Å²) < 4.78 is 1.84. The molecule has 0 fully saturated rings. The summed E-state index contributed by atoms with van der Waals surface area (Å²) in [6.45, 7) is 7.86. The van der Waals surface area contributed by atoms with E-state index in [0.717, 1.165) is 39.2 Å². The van der Waals surface area contributed by atoms with Crippen LogP contribution in [0.3, 0.4) is 0 Å². The van der Waals surface area contributed by atoms with Crippen molar-refractivity contribution in [2.45, 2.75) is 34.2 Å². The number of anilines is 1. The van der Waals surface area contributed by atoms with Crippen molar-refractivity contribution in [2.24, 2.45) is 0 Å². The third kappa shape index (κ3) is 4.16. The van der Waals surface area contributed by atoms with Gasteiger partial charge in [-0.25, -0.2) is 4.98 Å². The van der Waals surface area contributed by atoms with Crippen LogP contribution in [0.4, 0.5) is 5.69 Å². The van der Waals surface area contributed by atoms with Crippen molar-refractivity contribution < 1.29 is 9.59 Å². The Bertz CT molecular complexity index is 997. The predicted molar refractivity (Wildman–Crippen MR) is 107 cm³/mol. The maximum atomic E-state index is 12.3. The quantitative estimate of drug-likeness (QED) is 0.731. The molecule has 140 valence electrons. The molecular formula is C21H24N4O2. The van der Waals surface area contributed by atoms with Crippen LogP contribution in [0.25, 0.3) is 11.0 Å². The highest BCUT2D eigenvalue weighted by molar-refractivity contribution is 5.96. The van der Waals surface area contributed by atoms with E-state index in [1.54, 1.807) is 0 Å². The van der Waals surface area contributed by atoms with Gasteiger partial charge >= 0.3 is 0 Å². The van der Waals surface area contributed by atoms with Gasteiger partial charge in [-0.05, 0) is 51.0 Å². The highest BCUT2D eigenvalue weighted by Gasteiger charge is 2.13. The van der Waals surface area contributed by atoms with Crippen LogP contribution in [-0.2, 0) is 16.1 Å². The highest BCUT2D eigenvalue weighted by Crippen LogP contribution is 2.21. The van der Waals surface area contributed by atoms with Crippen molar-refractivity contribution in [2.75, 3.05) is 11.9 Å². The average Bonchev–Trinajstić information content (AvgIpc) is 2.92. The summed E-state index contributed by atoms with van der Waals surface area (Å²) in [5.41, 5.74) is 5.72. The number of imidazole rings is 1. The van der Waals surface area contributed by atoms with Crippen molar-refractivity contribution in [3.05, 3.63) is 58.9 Å². The number of rotatable bonds is 5. The molecule has 0 radical (unpaired) electrons. The van der Waals surface area contributed by atoms with Crippen LogP contribution in [0.2, 0.25) is 0 Å². The fraction of sp³-hybridized carbons (Fsp3) is 0.286. The Hall–Kier alpha value is -3.15. The molecule has 0 unspecified atom stereocenters. The Morgan fingerprint density at radius 1 is 1.00 bits per heavy atom. The van der Waals surface area contributed by atoms with Crippen LogP contribution in [0, 0.1) is 27.7 Å². The lowest BCUT2D eigenvalue weighted by Gasteiger charge is -2.13. The van der Waals surface area contributed by atoms with Gasteiger partial charge < -0.3 is 15.2 Å². The summed E-state index contributed by atoms with van der Waals surface area (Å²) in [5, 5.41) is 5.57. The smallest absolute Gasteiger partial charge is 0.243 e. The zero-order chi connectivity index (χ0) is 19.6. The molecule has 0 spiro atoms. The number of hydrogen-bond acceptors (Lipinski definition) is 3. The van der Waals surface area contributed by atoms with Gasteiger partial charge in [-0.15, -0.1) is 0 Å². The molecular weight excluding hydrogens is 340 g/mol. The molecule has 0 atom stereocenters. The predicted octanol–water partition coefficient (Wildman–Crippen LogP) is 3.02. The first-order valence-corrected chi connectivity index (χ1v) is 8.91. The summed E-state index contributed by atoms with van der Waals surface area (Å²) >= 11 is 0. The number of carbonyl (C=O) groups excluding carboxylic acids is 2. The van der Waals surface area contributed by atoms with Crippen molar-refractivity contribution in [1.29, 1.82) is 0 Å². The van der Waals surface area contributed by atoms with E-state index in [9.17, 15) is 9.59 Å². The molecule has 2 aromatic carbocycles. The average molecular weight is 364 g/mol. The van der Waals surface area contributed by atoms with Gasteiger partial charge in [-0.1, -0.05) is 29.8 Å². The molecule has 2 N–H and O–H groups in total. The minimum absolute atomic E-state index is 0.0722. The zero-order valence-corrected chi connectivity index (χ0v) is 16.1. The fourth-order valence-corrected chi connectivity index (χ4v) is 3.33. The van der Waals surface area contributed by atoms with Gasteiger partial charge in [0.1, 0.15) is 12.4 Å². The molecule has 6 heteroatoms. The Morgan fingerprint density at radius 2 is 1.67 bits per heavy atom. The molecule has 0 saturated heterocycles. The molecule has 27 heavy (non-hydrogen) atoms. The minimum Gasteiger partial charge on any atom is -0.345 e. The summed E-state index contributed by atoms with van der Waals surface area (Å²) in [6, 6.07) is 11.7. The normalized spacial score (nSPS) is 10.8. The fourth-order valence-electron chi connectivity index (χ4n) is 3.33. The van der Waals surface area contributed by atoms with E-state index in [1.165, 1.54) is 0 Å². The van der Waals surface area contributed by atoms with Crippen molar-refractivity contribution in [3.63, 3.8) is 0 Å². The largest absolute Gasteiger partial charge is 0.345 e. The lowest BCUT2D eigenvalue weighted by Crippen LogP contribution is -2.35. The summed E-state index contributed by atoms with van der Waals surface area (Å²) in [5.74, 6) is 0.293. The maximum absolute atomic E-state index is 12.3. The van der Waals surface area contributed by atoms with Crippen molar-refractivity contribution >= 4 is 28.5 Å². The summed E-state index contributed by atoms with van der Waals surface area (Å²) in [6.07, 6.45) is 0. The van der Waals surface area contributed by atoms with Gasteiger partial charge in [0, 0.05) is 5.69 Å². The number of benzene rings is 2. The van der Waals surface area contributed by atoms with Crippen LogP contribution in [0.1, 0.15) is 22.5 Å². The number of para-hydroxylation sites is 2. The van der Waals surface area contributed by atoms with E-state index in [-0.39, 0.29) is 24.9 Å². The van der Waals surface area contributed by atoms with Crippen LogP contribution in [-0.4, -0.2) is 27.9 Å². The molecule has 3 rings (SSSR count). The molecule has 1 heterocycles. The van der Waals surface area contributed by atoms with Gasteiger partial charge in [-0.2, -0.15) is 0 Å². The van der Waals surface area contributed by atoms with Crippen LogP contribution in [0.15, 0.2) is 36.4 Å². The Morgan fingerprint density at radius 3 is 2.37 bits per heavy atom. The van der Waals surface area contributed by atoms with Gasteiger partial charge in [0.2, 0.25) is 11.8 Å². The number of aryl methyl sites for hydroxylation is 4. The molecule has 0 saturated carbocycles. The monoisotopic (exact) mass is 364 g/mol. The van der Waals surface area contributed by atoms with Crippen LogP contribution < -0.4 is 10.6 Å². The number of hydrogen-bond donors (Lipinski definition) is 2.